The number of nitrogens with one attached hydrogen (secondary N) is 1. The van der Waals surface area contributed by atoms with Crippen molar-refractivity contribution in [3.8, 4) is 0 Å². The van der Waals surface area contributed by atoms with E-state index < -0.39 is 0 Å². The van der Waals surface area contributed by atoms with Gasteiger partial charge in [-0.05, 0) is 52.5 Å². The zero-order valence-corrected chi connectivity index (χ0v) is 12.5. The number of para-hydroxylation sites is 1. The van der Waals surface area contributed by atoms with Crippen molar-refractivity contribution in [1.29, 1.82) is 0 Å². The summed E-state index contributed by atoms with van der Waals surface area (Å²) in [5.41, 5.74) is 1.64. The number of benzene rings is 1. The first-order chi connectivity index (χ1) is 9.12. The predicted molar refractivity (Wildman–Crippen MR) is 82.7 cm³/mol. The average molecular weight is 261 g/mol. The van der Waals surface area contributed by atoms with Gasteiger partial charge in [0, 0.05) is 30.9 Å². The van der Waals surface area contributed by atoms with E-state index in [1.165, 1.54) is 31.5 Å². The molecule has 0 radical (unpaired) electrons. The molecule has 1 aromatic carbocycles. The molecule has 0 atom stereocenters. The molecule has 0 amide bonds. The van der Waals surface area contributed by atoms with E-state index in [-0.39, 0.29) is 0 Å². The molecule has 19 heavy (non-hydrogen) atoms. The van der Waals surface area contributed by atoms with Gasteiger partial charge in [-0.15, -0.1) is 0 Å². The fourth-order valence-electron chi connectivity index (χ4n) is 2.86. The highest BCUT2D eigenvalue weighted by atomic mass is 15.2. The first kappa shape index (κ1) is 14.4. The van der Waals surface area contributed by atoms with Gasteiger partial charge < -0.3 is 15.1 Å². The number of nitrogens with zero attached hydrogens (tertiary/aromatic N) is 2. The molecule has 1 aliphatic carbocycles. The average Bonchev–Trinajstić information content (AvgIpc) is 2.34. The molecule has 0 aromatic heterocycles. The van der Waals surface area contributed by atoms with Crippen molar-refractivity contribution in [3.05, 3.63) is 30.3 Å². The van der Waals surface area contributed by atoms with Crippen molar-refractivity contribution in [2.75, 3.05) is 46.1 Å². The molecule has 2 rings (SSSR count). The molecule has 0 heterocycles. The SMILES string of the molecule is CN(CCNc1ccccc1)CC1(N(C)C)CCC1. The van der Waals surface area contributed by atoms with Gasteiger partial charge in [0.05, 0.1) is 0 Å². The number of anilines is 1. The standard InChI is InChI=1S/C16H27N3/c1-18(2)16(10-7-11-16)14-19(3)13-12-17-15-8-5-4-6-9-15/h4-6,8-9,17H,7,10-14H2,1-3H3. The maximum atomic E-state index is 3.47. The van der Waals surface area contributed by atoms with Crippen molar-refractivity contribution < 1.29 is 0 Å². The second-order valence-corrected chi connectivity index (χ2v) is 6.00. The van der Waals surface area contributed by atoms with Crippen LogP contribution in [0.15, 0.2) is 30.3 Å². The van der Waals surface area contributed by atoms with Gasteiger partial charge in [0.1, 0.15) is 0 Å². The van der Waals surface area contributed by atoms with E-state index in [1.54, 1.807) is 0 Å². The van der Waals surface area contributed by atoms with E-state index in [0.29, 0.717) is 5.54 Å². The van der Waals surface area contributed by atoms with E-state index in [1.807, 2.05) is 0 Å². The number of hydrogen-bond donors (Lipinski definition) is 1. The molecule has 0 unspecified atom stereocenters. The van der Waals surface area contributed by atoms with Gasteiger partial charge in [-0.2, -0.15) is 0 Å². The summed E-state index contributed by atoms with van der Waals surface area (Å²) in [6.07, 6.45) is 4.07. The Kier molecular flexibility index (Phi) is 4.83. The maximum absolute atomic E-state index is 3.47. The van der Waals surface area contributed by atoms with Gasteiger partial charge in [-0.1, -0.05) is 18.2 Å². The molecule has 1 aliphatic rings. The summed E-state index contributed by atoms with van der Waals surface area (Å²) in [5, 5.41) is 3.47. The second-order valence-electron chi connectivity index (χ2n) is 6.00. The zero-order valence-electron chi connectivity index (χ0n) is 12.5. The van der Waals surface area contributed by atoms with Gasteiger partial charge >= 0.3 is 0 Å². The Labute approximate surface area is 117 Å². The predicted octanol–water partition coefficient (Wildman–Crippen LogP) is 2.51. The maximum Gasteiger partial charge on any atom is 0.0340 e. The van der Waals surface area contributed by atoms with Crippen molar-refractivity contribution >= 4 is 5.69 Å². The number of rotatable bonds is 7. The smallest absolute Gasteiger partial charge is 0.0340 e. The van der Waals surface area contributed by atoms with Crippen molar-refractivity contribution in [2.24, 2.45) is 0 Å². The monoisotopic (exact) mass is 261 g/mol. The Hall–Kier alpha value is -1.06. The third kappa shape index (κ3) is 3.71. The van der Waals surface area contributed by atoms with Crippen LogP contribution in [0.1, 0.15) is 19.3 Å². The minimum atomic E-state index is 0.432. The van der Waals surface area contributed by atoms with E-state index in [0.717, 1.165) is 13.1 Å². The lowest BCUT2D eigenvalue weighted by molar-refractivity contribution is 0.0289. The van der Waals surface area contributed by atoms with Crippen LogP contribution < -0.4 is 5.32 Å². The number of likely N-dealkylation sites (N-methyl/N-ethyl adjacent to an activating group) is 2. The van der Waals surface area contributed by atoms with Crippen LogP contribution in [-0.4, -0.2) is 56.1 Å². The zero-order chi connectivity index (χ0) is 13.7. The molecule has 3 heteroatoms. The Morgan fingerprint density at radius 2 is 1.79 bits per heavy atom. The minimum absolute atomic E-state index is 0.432. The first-order valence-electron chi connectivity index (χ1n) is 7.27. The van der Waals surface area contributed by atoms with E-state index in [9.17, 15) is 0 Å². The fraction of sp³-hybridized carbons (Fsp3) is 0.625. The quantitative estimate of drug-likeness (QED) is 0.813. The van der Waals surface area contributed by atoms with Crippen molar-refractivity contribution in [3.63, 3.8) is 0 Å². The van der Waals surface area contributed by atoms with Crippen LogP contribution in [-0.2, 0) is 0 Å². The molecular formula is C16H27N3. The summed E-state index contributed by atoms with van der Waals surface area (Å²) in [7, 11) is 6.67. The van der Waals surface area contributed by atoms with Crippen LogP contribution >= 0.6 is 0 Å². The van der Waals surface area contributed by atoms with E-state index >= 15 is 0 Å². The third-order valence-electron chi connectivity index (χ3n) is 4.39. The van der Waals surface area contributed by atoms with Crippen LogP contribution in [0.4, 0.5) is 5.69 Å². The summed E-state index contributed by atoms with van der Waals surface area (Å²) in [5.74, 6) is 0. The Bertz CT molecular complexity index is 371. The summed E-state index contributed by atoms with van der Waals surface area (Å²) >= 11 is 0. The molecule has 0 aliphatic heterocycles. The molecule has 0 saturated heterocycles. The molecule has 3 nitrogen and oxygen atoms in total. The molecule has 1 saturated carbocycles. The van der Waals surface area contributed by atoms with Gasteiger partial charge in [-0.3, -0.25) is 0 Å². The lowest BCUT2D eigenvalue weighted by Gasteiger charge is -2.49. The Morgan fingerprint density at radius 3 is 2.32 bits per heavy atom. The highest BCUT2D eigenvalue weighted by molar-refractivity contribution is 5.42. The molecule has 106 valence electrons. The highest BCUT2D eigenvalue weighted by Gasteiger charge is 2.39. The van der Waals surface area contributed by atoms with Crippen LogP contribution in [0.2, 0.25) is 0 Å². The van der Waals surface area contributed by atoms with E-state index in [4.69, 9.17) is 0 Å². The van der Waals surface area contributed by atoms with Gasteiger partial charge in [0.2, 0.25) is 0 Å². The lowest BCUT2D eigenvalue weighted by Crippen LogP contribution is -2.57. The second kappa shape index (κ2) is 6.40. The summed E-state index contributed by atoms with van der Waals surface area (Å²) < 4.78 is 0. The van der Waals surface area contributed by atoms with Gasteiger partial charge in [0.25, 0.3) is 0 Å². The van der Waals surface area contributed by atoms with Crippen LogP contribution in [0, 0.1) is 0 Å². The lowest BCUT2D eigenvalue weighted by atomic mass is 9.75. The molecule has 1 fully saturated rings. The Morgan fingerprint density at radius 1 is 1.11 bits per heavy atom. The van der Waals surface area contributed by atoms with Crippen LogP contribution in [0.3, 0.4) is 0 Å². The largest absolute Gasteiger partial charge is 0.384 e. The molecule has 0 spiro atoms. The minimum Gasteiger partial charge on any atom is -0.384 e. The molecule has 0 bridgehead atoms. The topological polar surface area (TPSA) is 18.5 Å². The van der Waals surface area contributed by atoms with Crippen LogP contribution in [0.5, 0.6) is 0 Å². The van der Waals surface area contributed by atoms with E-state index in [2.05, 4.69) is 66.6 Å². The van der Waals surface area contributed by atoms with Gasteiger partial charge in [-0.25, -0.2) is 0 Å². The molecule has 1 N–H and O–H groups in total. The summed E-state index contributed by atoms with van der Waals surface area (Å²) in [4.78, 5) is 4.87. The summed E-state index contributed by atoms with van der Waals surface area (Å²) in [6.45, 7) is 3.27. The van der Waals surface area contributed by atoms with Crippen molar-refractivity contribution in [1.82, 2.24) is 9.80 Å². The fourth-order valence-corrected chi connectivity index (χ4v) is 2.86. The first-order valence-corrected chi connectivity index (χ1v) is 7.27. The van der Waals surface area contributed by atoms with Crippen LogP contribution in [0.25, 0.3) is 0 Å². The number of hydrogen-bond acceptors (Lipinski definition) is 3. The van der Waals surface area contributed by atoms with Crippen molar-refractivity contribution in [2.45, 2.75) is 24.8 Å². The molecular weight excluding hydrogens is 234 g/mol. The van der Waals surface area contributed by atoms with Gasteiger partial charge in [0.15, 0.2) is 0 Å². The molecule has 1 aromatic rings. The third-order valence-corrected chi connectivity index (χ3v) is 4.39. The normalized spacial score (nSPS) is 17.5. The highest BCUT2D eigenvalue weighted by Crippen LogP contribution is 2.36. The summed E-state index contributed by atoms with van der Waals surface area (Å²) in [6, 6.07) is 10.4. The Balaban J connectivity index is 1.71.